The van der Waals surface area contributed by atoms with Crippen LogP contribution in [0.25, 0.3) is 0 Å². The average molecular weight is 216 g/mol. The molecule has 0 amide bonds. The number of hydrogen-bond acceptors (Lipinski definition) is 5. The first-order valence-electron chi connectivity index (χ1n) is 4.89. The van der Waals surface area contributed by atoms with Crippen LogP contribution in [-0.2, 0) is 0 Å². The fourth-order valence-electron chi connectivity index (χ4n) is 1.81. The van der Waals surface area contributed by atoms with Crippen LogP contribution in [-0.4, -0.2) is 23.0 Å². The standard InChI is InChI=1S/C11H8N2O3/c14-5-10-12-11(13-16-10)8-6-15-9-4-2-1-3-7(8)9/h1-5,8H,6H2. The van der Waals surface area contributed by atoms with E-state index in [0.717, 1.165) is 11.3 Å². The Morgan fingerprint density at radius 2 is 2.25 bits per heavy atom. The second kappa shape index (κ2) is 3.44. The first-order chi connectivity index (χ1) is 7.88. The molecule has 1 aromatic heterocycles. The van der Waals surface area contributed by atoms with Crippen LogP contribution in [0, 0.1) is 0 Å². The normalized spacial score (nSPS) is 17.9. The van der Waals surface area contributed by atoms with Crippen molar-refractivity contribution >= 4 is 6.29 Å². The molecule has 0 spiro atoms. The topological polar surface area (TPSA) is 65.2 Å². The summed E-state index contributed by atoms with van der Waals surface area (Å²) in [7, 11) is 0. The fraction of sp³-hybridized carbons (Fsp3) is 0.182. The van der Waals surface area contributed by atoms with Gasteiger partial charge in [0.25, 0.3) is 5.89 Å². The summed E-state index contributed by atoms with van der Waals surface area (Å²) < 4.78 is 10.3. The van der Waals surface area contributed by atoms with Crippen LogP contribution in [0.15, 0.2) is 28.8 Å². The predicted molar refractivity (Wildman–Crippen MR) is 53.5 cm³/mol. The lowest BCUT2D eigenvalue weighted by atomic mass is 10.0. The zero-order valence-corrected chi connectivity index (χ0v) is 8.29. The van der Waals surface area contributed by atoms with E-state index in [9.17, 15) is 4.79 Å². The van der Waals surface area contributed by atoms with Gasteiger partial charge in [-0.15, -0.1) is 0 Å². The van der Waals surface area contributed by atoms with E-state index < -0.39 is 0 Å². The van der Waals surface area contributed by atoms with E-state index in [0.29, 0.717) is 18.7 Å². The van der Waals surface area contributed by atoms with Gasteiger partial charge in [0.1, 0.15) is 12.4 Å². The van der Waals surface area contributed by atoms with E-state index in [1.54, 1.807) is 0 Å². The lowest BCUT2D eigenvalue weighted by molar-refractivity contribution is 0.108. The molecule has 0 saturated heterocycles. The van der Waals surface area contributed by atoms with Crippen LogP contribution in [0.5, 0.6) is 5.75 Å². The molecule has 0 saturated carbocycles. The summed E-state index contributed by atoms with van der Waals surface area (Å²) in [6.45, 7) is 0.483. The summed E-state index contributed by atoms with van der Waals surface area (Å²) in [4.78, 5) is 14.4. The van der Waals surface area contributed by atoms with Crippen molar-refractivity contribution in [2.45, 2.75) is 5.92 Å². The third-order valence-corrected chi connectivity index (χ3v) is 2.57. The average Bonchev–Trinajstić information content (AvgIpc) is 2.94. The lowest BCUT2D eigenvalue weighted by Crippen LogP contribution is -2.04. The SMILES string of the molecule is O=Cc1nc(C2COc3ccccc32)no1. The van der Waals surface area contributed by atoms with Crippen molar-refractivity contribution in [3.8, 4) is 5.75 Å². The van der Waals surface area contributed by atoms with Crippen molar-refractivity contribution in [2.75, 3.05) is 6.61 Å². The Morgan fingerprint density at radius 1 is 1.38 bits per heavy atom. The van der Waals surface area contributed by atoms with Gasteiger partial charge < -0.3 is 9.26 Å². The lowest BCUT2D eigenvalue weighted by Gasteiger charge is -2.00. The van der Waals surface area contributed by atoms with Gasteiger partial charge in [0.15, 0.2) is 5.82 Å². The molecule has 80 valence electrons. The van der Waals surface area contributed by atoms with Crippen molar-refractivity contribution in [1.82, 2.24) is 10.1 Å². The van der Waals surface area contributed by atoms with Gasteiger partial charge in [-0.2, -0.15) is 4.98 Å². The molecule has 1 aliphatic rings. The molecule has 1 aromatic carbocycles. The van der Waals surface area contributed by atoms with E-state index in [1.165, 1.54) is 0 Å². The molecule has 0 radical (unpaired) electrons. The monoisotopic (exact) mass is 216 g/mol. The number of ether oxygens (including phenoxy) is 1. The van der Waals surface area contributed by atoms with Gasteiger partial charge in [-0.05, 0) is 6.07 Å². The number of carbonyl (C=O) groups is 1. The highest BCUT2D eigenvalue weighted by molar-refractivity contribution is 5.67. The summed E-state index contributed by atoms with van der Waals surface area (Å²) in [6, 6.07) is 7.70. The maximum atomic E-state index is 10.5. The molecule has 0 bridgehead atoms. The molecular formula is C11H8N2O3. The Bertz CT molecular complexity index is 536. The van der Waals surface area contributed by atoms with Crippen molar-refractivity contribution in [2.24, 2.45) is 0 Å². The molecule has 0 fully saturated rings. The zero-order valence-electron chi connectivity index (χ0n) is 8.29. The Labute approximate surface area is 91.0 Å². The number of benzene rings is 1. The quantitative estimate of drug-likeness (QED) is 0.710. The van der Waals surface area contributed by atoms with Crippen LogP contribution in [0.1, 0.15) is 28.0 Å². The highest BCUT2D eigenvalue weighted by Gasteiger charge is 2.29. The molecule has 0 aliphatic carbocycles. The largest absolute Gasteiger partial charge is 0.492 e. The van der Waals surface area contributed by atoms with Gasteiger partial charge in [-0.1, -0.05) is 23.4 Å². The van der Waals surface area contributed by atoms with Crippen LogP contribution < -0.4 is 4.74 Å². The summed E-state index contributed by atoms with van der Waals surface area (Å²) in [5.41, 5.74) is 1.03. The molecule has 2 heterocycles. The second-order valence-electron chi connectivity index (χ2n) is 3.51. The second-order valence-corrected chi connectivity index (χ2v) is 3.51. The van der Waals surface area contributed by atoms with E-state index >= 15 is 0 Å². The highest BCUT2D eigenvalue weighted by Crippen LogP contribution is 2.36. The summed E-state index contributed by atoms with van der Waals surface area (Å²) in [5, 5.41) is 3.77. The third kappa shape index (κ3) is 1.29. The van der Waals surface area contributed by atoms with Gasteiger partial charge in [-0.25, -0.2) is 0 Å². The number of hydrogen-bond donors (Lipinski definition) is 0. The van der Waals surface area contributed by atoms with Gasteiger partial charge in [-0.3, -0.25) is 4.79 Å². The molecule has 5 heteroatoms. The van der Waals surface area contributed by atoms with Crippen LogP contribution in [0.2, 0.25) is 0 Å². The van der Waals surface area contributed by atoms with Crippen LogP contribution in [0.4, 0.5) is 0 Å². The number of aromatic nitrogens is 2. The van der Waals surface area contributed by atoms with Gasteiger partial charge in [0.2, 0.25) is 6.29 Å². The Balaban J connectivity index is 2.01. The van der Waals surface area contributed by atoms with E-state index in [4.69, 9.17) is 9.26 Å². The first kappa shape index (κ1) is 9.08. The van der Waals surface area contributed by atoms with Crippen LogP contribution in [0.3, 0.4) is 0 Å². The van der Waals surface area contributed by atoms with Crippen molar-refractivity contribution < 1.29 is 14.1 Å². The van der Waals surface area contributed by atoms with E-state index in [-0.39, 0.29) is 11.8 Å². The van der Waals surface area contributed by atoms with Crippen LogP contribution >= 0.6 is 0 Å². The molecule has 0 N–H and O–H groups in total. The minimum Gasteiger partial charge on any atom is -0.492 e. The van der Waals surface area contributed by atoms with E-state index in [2.05, 4.69) is 10.1 Å². The number of carbonyl (C=O) groups excluding carboxylic acids is 1. The molecule has 16 heavy (non-hydrogen) atoms. The number of para-hydroxylation sites is 1. The van der Waals surface area contributed by atoms with Crippen molar-refractivity contribution in [3.05, 3.63) is 41.5 Å². The number of rotatable bonds is 2. The first-order valence-corrected chi connectivity index (χ1v) is 4.89. The minimum absolute atomic E-state index is 0.000573. The molecule has 1 atom stereocenters. The van der Waals surface area contributed by atoms with E-state index in [1.807, 2.05) is 24.3 Å². The third-order valence-electron chi connectivity index (χ3n) is 2.57. The molecule has 3 rings (SSSR count). The van der Waals surface area contributed by atoms with Crippen molar-refractivity contribution in [3.63, 3.8) is 0 Å². The fourth-order valence-corrected chi connectivity index (χ4v) is 1.81. The Kier molecular flexibility index (Phi) is 1.96. The maximum Gasteiger partial charge on any atom is 0.290 e. The smallest absolute Gasteiger partial charge is 0.290 e. The van der Waals surface area contributed by atoms with Gasteiger partial charge in [0, 0.05) is 5.56 Å². The summed E-state index contributed by atoms with van der Waals surface area (Å²) in [6.07, 6.45) is 0.540. The Morgan fingerprint density at radius 3 is 3.06 bits per heavy atom. The van der Waals surface area contributed by atoms with Crippen molar-refractivity contribution in [1.29, 1.82) is 0 Å². The highest BCUT2D eigenvalue weighted by atomic mass is 16.5. The van der Waals surface area contributed by atoms with Gasteiger partial charge >= 0.3 is 0 Å². The molecule has 1 aliphatic heterocycles. The number of aldehydes is 1. The molecule has 1 unspecified atom stereocenters. The summed E-state index contributed by atoms with van der Waals surface area (Å²) in [5.74, 6) is 1.28. The summed E-state index contributed by atoms with van der Waals surface area (Å²) >= 11 is 0. The molecule has 2 aromatic rings. The van der Waals surface area contributed by atoms with Gasteiger partial charge in [0.05, 0.1) is 5.92 Å². The Hall–Kier alpha value is -2.17. The maximum absolute atomic E-state index is 10.5. The number of nitrogens with zero attached hydrogens (tertiary/aromatic N) is 2. The minimum atomic E-state index is -0.0475. The predicted octanol–water partition coefficient (Wildman–Crippen LogP) is 1.41. The molecular weight excluding hydrogens is 208 g/mol. The number of fused-ring (bicyclic) bond motifs is 1. The zero-order chi connectivity index (χ0) is 11.0. The molecule has 5 nitrogen and oxygen atoms in total.